The molecule has 2 aromatic rings. The molecular formula is C20H24N2O6S. The van der Waals surface area contributed by atoms with E-state index in [1.807, 2.05) is 0 Å². The quantitative estimate of drug-likeness (QED) is 0.645. The van der Waals surface area contributed by atoms with Crippen molar-refractivity contribution in [2.75, 3.05) is 30.6 Å². The van der Waals surface area contributed by atoms with E-state index in [2.05, 4.69) is 10.6 Å². The zero-order chi connectivity index (χ0) is 21.4. The lowest BCUT2D eigenvalue weighted by molar-refractivity contribution is -0.115. The molecule has 2 aromatic carbocycles. The first-order valence-corrected chi connectivity index (χ1v) is 10.6. The second-order valence-electron chi connectivity index (χ2n) is 6.14. The Bertz CT molecular complexity index is 974. The number of hydrogen-bond donors (Lipinski definition) is 2. The van der Waals surface area contributed by atoms with Crippen LogP contribution in [0.3, 0.4) is 0 Å². The van der Waals surface area contributed by atoms with Gasteiger partial charge in [-0.05, 0) is 30.7 Å². The number of ether oxygens (including phenoxy) is 2. The van der Waals surface area contributed by atoms with Crippen molar-refractivity contribution in [3.8, 4) is 11.5 Å². The van der Waals surface area contributed by atoms with Crippen LogP contribution in [0.1, 0.15) is 13.3 Å². The van der Waals surface area contributed by atoms with Crippen LogP contribution in [0.25, 0.3) is 0 Å². The molecule has 156 valence electrons. The van der Waals surface area contributed by atoms with Crippen LogP contribution in [0.5, 0.6) is 11.5 Å². The van der Waals surface area contributed by atoms with E-state index in [1.54, 1.807) is 55.5 Å². The van der Waals surface area contributed by atoms with E-state index >= 15 is 0 Å². The van der Waals surface area contributed by atoms with E-state index in [1.165, 1.54) is 14.2 Å². The molecule has 0 aliphatic heterocycles. The van der Waals surface area contributed by atoms with Gasteiger partial charge in [0.25, 0.3) is 0 Å². The van der Waals surface area contributed by atoms with Crippen molar-refractivity contribution in [2.24, 2.45) is 0 Å². The van der Waals surface area contributed by atoms with Crippen LogP contribution >= 0.6 is 0 Å². The molecule has 0 aliphatic rings. The van der Waals surface area contributed by atoms with Gasteiger partial charge >= 0.3 is 0 Å². The summed E-state index contributed by atoms with van der Waals surface area (Å²) < 4.78 is 35.7. The number of anilines is 2. The number of nitrogens with one attached hydrogen (secondary N) is 2. The lowest BCUT2D eigenvalue weighted by Gasteiger charge is -2.17. The lowest BCUT2D eigenvalue weighted by atomic mass is 10.2. The average Bonchev–Trinajstić information content (AvgIpc) is 2.68. The number of sulfone groups is 1. The SMILES string of the molecule is CCC(C(=O)Nc1ccccc1OC)S(=O)(=O)CC(=O)Nc1ccccc1OC. The molecule has 0 saturated carbocycles. The number of para-hydroxylation sites is 4. The van der Waals surface area contributed by atoms with Crippen LogP contribution in [0.2, 0.25) is 0 Å². The summed E-state index contributed by atoms with van der Waals surface area (Å²) in [5, 5.41) is 3.69. The second kappa shape index (κ2) is 9.92. The second-order valence-corrected chi connectivity index (χ2v) is 8.33. The maximum atomic E-state index is 12.7. The minimum Gasteiger partial charge on any atom is -0.495 e. The molecule has 2 N–H and O–H groups in total. The standard InChI is InChI=1S/C20H24N2O6S/c1-4-18(20(24)22-15-10-6-8-12-17(15)28-3)29(25,26)13-19(23)21-14-9-5-7-11-16(14)27-2/h5-12,18H,4,13H2,1-3H3,(H,21,23)(H,22,24). The zero-order valence-corrected chi connectivity index (χ0v) is 17.3. The largest absolute Gasteiger partial charge is 0.495 e. The van der Waals surface area contributed by atoms with E-state index in [9.17, 15) is 18.0 Å². The predicted molar refractivity (Wildman–Crippen MR) is 111 cm³/mol. The summed E-state index contributed by atoms with van der Waals surface area (Å²) in [6, 6.07) is 13.3. The number of benzene rings is 2. The summed E-state index contributed by atoms with van der Waals surface area (Å²) >= 11 is 0. The van der Waals surface area contributed by atoms with Crippen LogP contribution in [-0.2, 0) is 19.4 Å². The molecule has 0 spiro atoms. The number of carbonyl (C=O) groups excluding carboxylic acids is 2. The van der Waals surface area contributed by atoms with Crippen LogP contribution in [0, 0.1) is 0 Å². The van der Waals surface area contributed by atoms with Crippen molar-refractivity contribution in [1.82, 2.24) is 0 Å². The molecule has 0 fully saturated rings. The van der Waals surface area contributed by atoms with Gasteiger partial charge in [-0.15, -0.1) is 0 Å². The Hall–Kier alpha value is -3.07. The highest BCUT2D eigenvalue weighted by Gasteiger charge is 2.33. The fourth-order valence-corrected chi connectivity index (χ4v) is 4.31. The number of methoxy groups -OCH3 is 2. The molecule has 8 nitrogen and oxygen atoms in total. The highest BCUT2D eigenvalue weighted by Crippen LogP contribution is 2.25. The molecule has 0 radical (unpaired) electrons. The smallest absolute Gasteiger partial charge is 0.242 e. The van der Waals surface area contributed by atoms with Crippen molar-refractivity contribution in [3.63, 3.8) is 0 Å². The Morgan fingerprint density at radius 1 is 0.897 bits per heavy atom. The van der Waals surface area contributed by atoms with Gasteiger partial charge in [0, 0.05) is 0 Å². The minimum absolute atomic E-state index is 0.0191. The molecule has 0 heterocycles. The topological polar surface area (TPSA) is 111 Å². The van der Waals surface area contributed by atoms with Crippen LogP contribution in [-0.4, -0.2) is 45.5 Å². The fourth-order valence-electron chi connectivity index (χ4n) is 2.78. The first-order valence-electron chi connectivity index (χ1n) is 8.90. The molecule has 0 aromatic heterocycles. The Kier molecular flexibility index (Phi) is 7.60. The summed E-state index contributed by atoms with van der Waals surface area (Å²) in [6.45, 7) is 1.57. The van der Waals surface area contributed by atoms with Crippen LogP contribution in [0.4, 0.5) is 11.4 Å². The summed E-state index contributed by atoms with van der Waals surface area (Å²) in [4.78, 5) is 24.9. The predicted octanol–water partition coefficient (Wildman–Crippen LogP) is 2.47. The van der Waals surface area contributed by atoms with Crippen molar-refractivity contribution in [1.29, 1.82) is 0 Å². The Morgan fingerprint density at radius 3 is 1.86 bits per heavy atom. The van der Waals surface area contributed by atoms with Crippen molar-refractivity contribution >= 4 is 33.0 Å². The number of hydrogen-bond acceptors (Lipinski definition) is 6. The zero-order valence-electron chi connectivity index (χ0n) is 16.5. The molecule has 1 unspecified atom stereocenters. The Morgan fingerprint density at radius 2 is 1.38 bits per heavy atom. The monoisotopic (exact) mass is 420 g/mol. The molecular weight excluding hydrogens is 396 g/mol. The summed E-state index contributed by atoms with van der Waals surface area (Å²) in [5.74, 6) is -1.50. The lowest BCUT2D eigenvalue weighted by Crippen LogP contribution is -2.39. The molecule has 9 heteroatoms. The molecule has 0 aliphatic carbocycles. The summed E-state index contributed by atoms with van der Waals surface area (Å²) in [7, 11) is -1.17. The van der Waals surface area contributed by atoms with Crippen LogP contribution < -0.4 is 20.1 Å². The summed E-state index contributed by atoms with van der Waals surface area (Å²) in [6.07, 6.45) is 0.0191. The van der Waals surface area contributed by atoms with E-state index in [0.29, 0.717) is 22.9 Å². The van der Waals surface area contributed by atoms with Gasteiger partial charge < -0.3 is 20.1 Å². The van der Waals surface area contributed by atoms with Gasteiger partial charge in [-0.2, -0.15) is 0 Å². The Balaban J connectivity index is 2.12. The minimum atomic E-state index is -4.06. The first kappa shape index (κ1) is 22.2. The van der Waals surface area contributed by atoms with Gasteiger partial charge in [0.2, 0.25) is 11.8 Å². The Labute approximate surface area is 170 Å². The number of carbonyl (C=O) groups is 2. The maximum Gasteiger partial charge on any atom is 0.242 e. The van der Waals surface area contributed by atoms with Gasteiger partial charge in [0.05, 0.1) is 25.6 Å². The van der Waals surface area contributed by atoms with Crippen molar-refractivity contribution in [2.45, 2.75) is 18.6 Å². The molecule has 0 bridgehead atoms. The highest BCUT2D eigenvalue weighted by atomic mass is 32.2. The third-order valence-electron chi connectivity index (χ3n) is 4.17. The van der Waals surface area contributed by atoms with Gasteiger partial charge in [0.15, 0.2) is 9.84 Å². The molecule has 0 saturated heterocycles. The van der Waals surface area contributed by atoms with Gasteiger partial charge in [0.1, 0.15) is 22.5 Å². The van der Waals surface area contributed by atoms with E-state index < -0.39 is 32.7 Å². The normalized spacial score (nSPS) is 12.0. The first-order chi connectivity index (χ1) is 13.8. The van der Waals surface area contributed by atoms with Gasteiger partial charge in [-0.3, -0.25) is 9.59 Å². The molecule has 2 amide bonds. The van der Waals surface area contributed by atoms with E-state index in [4.69, 9.17) is 9.47 Å². The molecule has 29 heavy (non-hydrogen) atoms. The van der Waals surface area contributed by atoms with Crippen LogP contribution in [0.15, 0.2) is 48.5 Å². The number of amides is 2. The van der Waals surface area contributed by atoms with Gasteiger partial charge in [-0.1, -0.05) is 31.2 Å². The van der Waals surface area contributed by atoms with Gasteiger partial charge in [-0.25, -0.2) is 8.42 Å². The van der Waals surface area contributed by atoms with Crippen molar-refractivity contribution in [3.05, 3.63) is 48.5 Å². The van der Waals surface area contributed by atoms with E-state index in [-0.39, 0.29) is 6.42 Å². The maximum absolute atomic E-state index is 12.7. The third kappa shape index (κ3) is 5.71. The third-order valence-corrected chi connectivity index (χ3v) is 6.25. The van der Waals surface area contributed by atoms with E-state index in [0.717, 1.165) is 0 Å². The molecule has 1 atom stereocenters. The highest BCUT2D eigenvalue weighted by molar-refractivity contribution is 7.93. The average molecular weight is 420 g/mol. The molecule has 2 rings (SSSR count). The van der Waals surface area contributed by atoms with Crippen molar-refractivity contribution < 1.29 is 27.5 Å². The fraction of sp³-hybridized carbons (Fsp3) is 0.300. The summed E-state index contributed by atoms with van der Waals surface area (Å²) in [5.41, 5.74) is 0.703. The number of rotatable bonds is 9.